The molecule has 0 spiro atoms. The Hall–Kier alpha value is -3.32. The maximum Gasteiger partial charge on any atom is 0.261 e. The number of para-hydroxylation sites is 2. The first-order valence-electron chi connectivity index (χ1n) is 10.1. The number of hydrogen-bond donors (Lipinski definition) is 1. The smallest absolute Gasteiger partial charge is 0.261 e. The summed E-state index contributed by atoms with van der Waals surface area (Å²) >= 11 is 0. The van der Waals surface area contributed by atoms with Crippen LogP contribution in [-0.4, -0.2) is 33.2 Å². The Morgan fingerprint density at radius 1 is 0.935 bits per heavy atom. The lowest BCUT2D eigenvalue weighted by atomic mass is 9.98. The predicted octanol–water partition coefficient (Wildman–Crippen LogP) is 3.51. The molecule has 1 unspecified atom stereocenters. The fourth-order valence-corrected chi connectivity index (χ4v) is 4.69. The van der Waals surface area contributed by atoms with E-state index in [2.05, 4.69) is 5.32 Å². The van der Waals surface area contributed by atoms with E-state index in [1.54, 1.807) is 24.3 Å². The van der Waals surface area contributed by atoms with E-state index in [1.165, 1.54) is 4.31 Å². The van der Waals surface area contributed by atoms with Gasteiger partial charge in [0, 0.05) is 13.0 Å². The van der Waals surface area contributed by atoms with Gasteiger partial charge < -0.3 is 10.1 Å². The molecule has 1 atom stereocenters. The number of nitrogens with one attached hydrogen (secondary N) is 1. The van der Waals surface area contributed by atoms with E-state index in [0.717, 1.165) is 17.4 Å². The number of anilines is 1. The lowest BCUT2D eigenvalue weighted by molar-refractivity contribution is -0.128. The minimum Gasteiger partial charge on any atom is -0.478 e. The highest BCUT2D eigenvalue weighted by Crippen LogP contribution is 2.34. The van der Waals surface area contributed by atoms with Crippen LogP contribution in [-0.2, 0) is 14.8 Å². The van der Waals surface area contributed by atoms with Gasteiger partial charge in [0.15, 0.2) is 6.10 Å². The highest BCUT2D eigenvalue weighted by atomic mass is 32.2. The number of carbonyl (C=O) groups excluding carboxylic acids is 1. The van der Waals surface area contributed by atoms with Gasteiger partial charge in [-0.1, -0.05) is 72.8 Å². The minimum atomic E-state index is -3.50. The Morgan fingerprint density at radius 3 is 2.06 bits per heavy atom. The van der Waals surface area contributed by atoms with Crippen molar-refractivity contribution < 1.29 is 17.9 Å². The lowest BCUT2D eigenvalue weighted by Gasteiger charge is -2.23. The molecule has 0 aromatic heterocycles. The molecule has 0 radical (unpaired) electrons. The van der Waals surface area contributed by atoms with Crippen molar-refractivity contribution in [1.29, 1.82) is 0 Å². The van der Waals surface area contributed by atoms with E-state index in [1.807, 2.05) is 60.7 Å². The third kappa shape index (κ3) is 4.72. The van der Waals surface area contributed by atoms with Crippen molar-refractivity contribution in [3.63, 3.8) is 0 Å². The predicted molar refractivity (Wildman–Crippen MR) is 121 cm³/mol. The summed E-state index contributed by atoms with van der Waals surface area (Å²) < 4.78 is 31.9. The molecular formula is C24H24N2O4S. The summed E-state index contributed by atoms with van der Waals surface area (Å²) in [7, 11) is -3.50. The van der Waals surface area contributed by atoms with Gasteiger partial charge in [-0.3, -0.25) is 9.10 Å². The summed E-state index contributed by atoms with van der Waals surface area (Å²) in [6, 6.07) is 26.0. The molecule has 0 saturated heterocycles. The Balaban J connectivity index is 1.62. The van der Waals surface area contributed by atoms with Crippen LogP contribution in [0.5, 0.6) is 5.75 Å². The van der Waals surface area contributed by atoms with Crippen LogP contribution < -0.4 is 14.4 Å². The molecule has 1 N–H and O–H groups in total. The van der Waals surface area contributed by atoms with Crippen molar-refractivity contribution in [2.24, 2.45) is 0 Å². The van der Waals surface area contributed by atoms with Gasteiger partial charge in [0.1, 0.15) is 5.75 Å². The van der Waals surface area contributed by atoms with Crippen LogP contribution >= 0.6 is 0 Å². The maximum atomic E-state index is 13.3. The molecule has 0 aliphatic carbocycles. The average Bonchev–Trinajstić information content (AvgIpc) is 2.98. The second-order valence-electron chi connectivity index (χ2n) is 7.46. The fraction of sp³-hybridized carbons (Fsp3) is 0.208. The third-order valence-corrected chi connectivity index (χ3v) is 6.42. The number of fused-ring (bicyclic) bond motifs is 1. The van der Waals surface area contributed by atoms with Crippen LogP contribution in [0.15, 0.2) is 84.9 Å². The molecule has 4 rings (SSSR count). The van der Waals surface area contributed by atoms with Gasteiger partial charge in [-0.15, -0.1) is 0 Å². The van der Waals surface area contributed by atoms with E-state index in [0.29, 0.717) is 11.4 Å². The van der Waals surface area contributed by atoms with Crippen LogP contribution in [0, 0.1) is 0 Å². The monoisotopic (exact) mass is 436 g/mol. The quantitative estimate of drug-likeness (QED) is 0.664. The summed E-state index contributed by atoms with van der Waals surface area (Å²) in [5.41, 5.74) is 2.35. The van der Waals surface area contributed by atoms with Gasteiger partial charge in [-0.2, -0.15) is 0 Å². The molecule has 0 fully saturated rings. The van der Waals surface area contributed by atoms with Crippen LogP contribution in [0.3, 0.4) is 0 Å². The van der Waals surface area contributed by atoms with Crippen LogP contribution in [0.4, 0.5) is 5.69 Å². The van der Waals surface area contributed by atoms with Gasteiger partial charge in [-0.05, 0) is 23.3 Å². The molecule has 1 aliphatic heterocycles. The molecule has 7 heteroatoms. The zero-order chi connectivity index (χ0) is 21.8. The molecule has 1 heterocycles. The molecule has 1 amide bonds. The molecular weight excluding hydrogens is 412 g/mol. The molecule has 160 valence electrons. The first-order valence-corrected chi connectivity index (χ1v) is 11.9. The van der Waals surface area contributed by atoms with E-state index < -0.39 is 16.1 Å². The summed E-state index contributed by atoms with van der Waals surface area (Å²) in [6.45, 7) is 0.162. The highest BCUT2D eigenvalue weighted by molar-refractivity contribution is 7.92. The second kappa shape index (κ2) is 8.81. The molecule has 3 aromatic carbocycles. The summed E-state index contributed by atoms with van der Waals surface area (Å²) in [5.74, 6) is 0.0874. The summed E-state index contributed by atoms with van der Waals surface area (Å²) in [5, 5.41) is 3.10. The summed E-state index contributed by atoms with van der Waals surface area (Å²) in [6.07, 6.45) is 0.581. The number of rotatable bonds is 5. The maximum absolute atomic E-state index is 13.3. The molecule has 3 aromatic rings. The number of amides is 1. The van der Waals surface area contributed by atoms with E-state index in [-0.39, 0.29) is 24.9 Å². The largest absolute Gasteiger partial charge is 0.478 e. The molecule has 0 saturated carbocycles. The topological polar surface area (TPSA) is 75.7 Å². The first kappa shape index (κ1) is 20.9. The van der Waals surface area contributed by atoms with Gasteiger partial charge in [0.2, 0.25) is 10.0 Å². The van der Waals surface area contributed by atoms with E-state index >= 15 is 0 Å². The van der Waals surface area contributed by atoms with Crippen molar-refractivity contribution in [2.75, 3.05) is 17.1 Å². The standard InChI is InChI=1S/C24H24N2O4S/c1-31(28,29)26-17-16-22(30-21-15-9-8-14-20(21)26)24(27)25-23(18-10-4-2-5-11-18)19-12-6-3-7-13-19/h2-15,22-23H,16-17H2,1H3,(H,25,27). The number of nitrogens with zero attached hydrogens (tertiary/aromatic N) is 1. The third-order valence-electron chi connectivity index (χ3n) is 5.24. The van der Waals surface area contributed by atoms with E-state index in [9.17, 15) is 13.2 Å². The van der Waals surface area contributed by atoms with Crippen molar-refractivity contribution >= 4 is 21.6 Å². The fourth-order valence-electron chi connectivity index (χ4n) is 3.74. The van der Waals surface area contributed by atoms with Crippen molar-refractivity contribution in [2.45, 2.75) is 18.6 Å². The zero-order valence-electron chi connectivity index (χ0n) is 17.1. The highest BCUT2D eigenvalue weighted by Gasteiger charge is 2.32. The minimum absolute atomic E-state index is 0.162. The van der Waals surface area contributed by atoms with Crippen molar-refractivity contribution in [3.8, 4) is 5.75 Å². The van der Waals surface area contributed by atoms with Crippen LogP contribution in [0.2, 0.25) is 0 Å². The van der Waals surface area contributed by atoms with E-state index in [4.69, 9.17) is 4.74 Å². The molecule has 6 nitrogen and oxygen atoms in total. The van der Waals surface area contributed by atoms with Gasteiger partial charge >= 0.3 is 0 Å². The number of benzene rings is 3. The zero-order valence-corrected chi connectivity index (χ0v) is 18.0. The Bertz CT molecular complexity index is 1110. The van der Waals surface area contributed by atoms with Crippen LogP contribution in [0.1, 0.15) is 23.6 Å². The Labute approximate surface area is 182 Å². The SMILES string of the molecule is CS(=O)(=O)N1CCC(C(=O)NC(c2ccccc2)c2ccccc2)Oc2ccccc21. The molecule has 31 heavy (non-hydrogen) atoms. The first-order chi connectivity index (χ1) is 14.9. The number of sulfonamides is 1. The number of carbonyl (C=O) groups is 1. The summed E-state index contributed by atoms with van der Waals surface area (Å²) in [4.78, 5) is 13.3. The Kier molecular flexibility index (Phi) is 5.95. The van der Waals surface area contributed by atoms with Gasteiger partial charge in [0.05, 0.1) is 18.0 Å². The second-order valence-corrected chi connectivity index (χ2v) is 9.37. The van der Waals surface area contributed by atoms with Crippen molar-refractivity contribution in [3.05, 3.63) is 96.1 Å². The molecule has 1 aliphatic rings. The molecule has 0 bridgehead atoms. The average molecular weight is 437 g/mol. The number of hydrogen-bond acceptors (Lipinski definition) is 4. The lowest BCUT2D eigenvalue weighted by Crippen LogP contribution is -2.41. The normalized spacial score (nSPS) is 16.2. The van der Waals surface area contributed by atoms with Crippen LogP contribution in [0.25, 0.3) is 0 Å². The van der Waals surface area contributed by atoms with Gasteiger partial charge in [0.25, 0.3) is 5.91 Å². The Morgan fingerprint density at radius 2 is 1.48 bits per heavy atom. The number of ether oxygens (including phenoxy) is 1. The van der Waals surface area contributed by atoms with Gasteiger partial charge in [-0.25, -0.2) is 8.42 Å². The van der Waals surface area contributed by atoms with Crippen molar-refractivity contribution in [1.82, 2.24) is 5.32 Å².